The van der Waals surface area contributed by atoms with Gasteiger partial charge in [0.25, 0.3) is 0 Å². The van der Waals surface area contributed by atoms with Crippen LogP contribution >= 0.6 is 58.0 Å². The van der Waals surface area contributed by atoms with Crippen molar-refractivity contribution in [1.82, 2.24) is 58.6 Å². The van der Waals surface area contributed by atoms with Crippen molar-refractivity contribution in [3.05, 3.63) is 46.7 Å². The number of hydrogen-bond acceptors (Lipinski definition) is 21. The van der Waals surface area contributed by atoms with E-state index >= 15 is 0 Å². The average molecular weight is 1090 g/mol. The minimum Gasteiger partial charge on any atom is -0.394 e. The highest BCUT2D eigenvalue weighted by Crippen LogP contribution is 2.30. The van der Waals surface area contributed by atoms with E-state index in [2.05, 4.69) is 69.8 Å². The molecule has 0 radical (unpaired) electrons. The first-order valence-corrected chi connectivity index (χ1v) is 27.6. The van der Waals surface area contributed by atoms with Crippen molar-refractivity contribution in [3.63, 3.8) is 0 Å². The smallest absolute Gasteiger partial charge is 0.332 e. The topological polar surface area (TPSA) is 373 Å². The Bertz CT molecular complexity index is 2840. The molecule has 3 aliphatic rings. The first-order chi connectivity index (χ1) is 33.2. The molecule has 6 aromatic heterocycles. The van der Waals surface area contributed by atoms with Crippen LogP contribution in [-0.2, 0) is 25.7 Å². The summed E-state index contributed by atoms with van der Waals surface area (Å²) in [7, 11) is -1.20. The second kappa shape index (κ2) is 24.4. The van der Waals surface area contributed by atoms with Crippen molar-refractivity contribution < 1.29 is 18.9 Å². The van der Waals surface area contributed by atoms with Crippen LogP contribution in [0.15, 0.2) is 9.59 Å². The molecule has 70 heavy (non-hydrogen) atoms. The number of aromatic amines is 1. The fraction of sp³-hybridized carbons (Fsp3) is 0.538. The largest absolute Gasteiger partial charge is 0.394 e. The summed E-state index contributed by atoms with van der Waals surface area (Å²) in [5, 5.41) is 3.89. The Morgan fingerprint density at radius 3 is 1.63 bits per heavy atom. The number of H-pyrrole nitrogens is 1. The van der Waals surface area contributed by atoms with Crippen LogP contribution in [0.3, 0.4) is 0 Å². The molecule has 9 rings (SSSR count). The van der Waals surface area contributed by atoms with Crippen molar-refractivity contribution in [1.29, 1.82) is 0 Å². The second-order valence-corrected chi connectivity index (χ2v) is 24.7. The zero-order chi connectivity index (χ0) is 50.9. The number of nitrogens with zero attached hydrogens (tertiary/aromatic N) is 11. The Hall–Kier alpha value is -5.03. The molecule has 0 aliphatic carbocycles. The van der Waals surface area contributed by atoms with Gasteiger partial charge in [-0.1, -0.05) is 77.6 Å². The van der Waals surface area contributed by atoms with E-state index in [0.29, 0.717) is 72.9 Å². The molecule has 382 valence electrons. The van der Waals surface area contributed by atoms with Crippen LogP contribution in [0.4, 0.5) is 41.0 Å². The summed E-state index contributed by atoms with van der Waals surface area (Å²) in [6, 6.07) is 1.39. The number of nitrogens with two attached hydrogens (primary N) is 6. The molecule has 25 nitrogen and oxygen atoms in total. The van der Waals surface area contributed by atoms with Crippen LogP contribution in [0.1, 0.15) is 50.6 Å². The molecule has 14 N–H and O–H groups in total. The number of rotatable bonds is 9. The van der Waals surface area contributed by atoms with Gasteiger partial charge in [0.15, 0.2) is 42.9 Å². The fourth-order valence-corrected chi connectivity index (χ4v) is 9.20. The normalized spacial score (nSPS) is 15.9. The van der Waals surface area contributed by atoms with E-state index in [-0.39, 0.29) is 85.4 Å². The SMILES string of the molecule is C[Si](C)(C)CCOCn1c(=O)n(C2CCOCC2)c2nc(N)nc(Cl)c21.Nc1nc(Cl)c(N)c(Cl)n1.Nc1nc(Cl)c(N)c(NC2CCOCC2)n1.Nc1nc(Cl)c2[nH]c(=O)n(C3CCOCC3)c2n1. The summed E-state index contributed by atoms with van der Waals surface area (Å²) in [6.45, 7) is 11.6. The van der Waals surface area contributed by atoms with Crippen LogP contribution in [-0.4, -0.2) is 119 Å². The van der Waals surface area contributed by atoms with Crippen LogP contribution in [0, 0.1) is 0 Å². The third-order valence-corrected chi connectivity index (χ3v) is 14.1. The van der Waals surface area contributed by atoms with E-state index < -0.39 is 8.07 Å². The molecular formula is C39H56Cl5N19O6Si. The van der Waals surface area contributed by atoms with Crippen LogP contribution in [0.5, 0.6) is 0 Å². The van der Waals surface area contributed by atoms with E-state index in [1.165, 1.54) is 4.57 Å². The molecule has 3 saturated heterocycles. The molecule has 0 saturated carbocycles. The van der Waals surface area contributed by atoms with Crippen LogP contribution < -0.4 is 51.1 Å². The number of hydrogen-bond donors (Lipinski definition) is 8. The zero-order valence-electron chi connectivity index (χ0n) is 38.6. The third kappa shape index (κ3) is 14.1. The molecular weight excluding hydrogens is 1040 g/mol. The van der Waals surface area contributed by atoms with Gasteiger partial charge in [-0.25, -0.2) is 9.59 Å². The summed E-state index contributed by atoms with van der Waals surface area (Å²) in [5.41, 5.74) is 35.0. The highest BCUT2D eigenvalue weighted by Gasteiger charge is 2.27. The van der Waals surface area contributed by atoms with Gasteiger partial charge in [-0.3, -0.25) is 13.7 Å². The zero-order valence-corrected chi connectivity index (χ0v) is 43.3. The van der Waals surface area contributed by atoms with Crippen molar-refractivity contribution in [3.8, 4) is 0 Å². The summed E-state index contributed by atoms with van der Waals surface area (Å²) in [6.07, 6.45) is 4.87. The number of imidazole rings is 2. The Kier molecular flexibility index (Phi) is 18.9. The summed E-state index contributed by atoms with van der Waals surface area (Å²) in [4.78, 5) is 58.9. The van der Waals surface area contributed by atoms with E-state index in [0.717, 1.165) is 57.8 Å². The highest BCUT2D eigenvalue weighted by atomic mass is 35.5. The number of fused-ring (bicyclic) bond motifs is 2. The maximum Gasteiger partial charge on any atom is 0.332 e. The molecule has 9 heterocycles. The summed E-state index contributed by atoms with van der Waals surface area (Å²) in [5.74, 6) is 0.759. The van der Waals surface area contributed by atoms with Gasteiger partial charge in [0.1, 0.15) is 29.1 Å². The number of nitrogens with one attached hydrogen (secondary N) is 2. The number of anilines is 7. The van der Waals surface area contributed by atoms with E-state index in [1.54, 1.807) is 9.13 Å². The highest BCUT2D eigenvalue weighted by molar-refractivity contribution is 6.76. The monoisotopic (exact) mass is 1090 g/mol. The maximum absolute atomic E-state index is 13.1. The number of halogens is 5. The number of aromatic nitrogens is 12. The number of nitrogen functional groups attached to an aromatic ring is 6. The van der Waals surface area contributed by atoms with E-state index in [1.807, 2.05) is 0 Å². The van der Waals surface area contributed by atoms with Gasteiger partial charge in [0.05, 0.1) is 0 Å². The number of ether oxygens (including phenoxy) is 4. The van der Waals surface area contributed by atoms with Crippen molar-refractivity contribution >= 4 is 129 Å². The molecule has 6 aromatic rings. The fourth-order valence-electron chi connectivity index (χ4n) is 7.38. The van der Waals surface area contributed by atoms with Crippen molar-refractivity contribution in [2.75, 3.05) is 86.0 Å². The Labute approximate surface area is 426 Å². The second-order valence-electron chi connectivity index (χ2n) is 17.3. The molecule has 3 fully saturated rings. The lowest BCUT2D eigenvalue weighted by molar-refractivity contribution is 0.0669. The van der Waals surface area contributed by atoms with Gasteiger partial charge >= 0.3 is 11.4 Å². The molecule has 0 amide bonds. The summed E-state index contributed by atoms with van der Waals surface area (Å²) < 4.78 is 26.5. The van der Waals surface area contributed by atoms with Crippen LogP contribution in [0.25, 0.3) is 22.3 Å². The Morgan fingerprint density at radius 1 is 0.614 bits per heavy atom. The van der Waals surface area contributed by atoms with Gasteiger partial charge in [-0.05, 0) is 44.6 Å². The average Bonchev–Trinajstić information content (AvgIpc) is 3.79. The summed E-state index contributed by atoms with van der Waals surface area (Å²) >= 11 is 29.0. The van der Waals surface area contributed by atoms with Gasteiger partial charge in [-0.15, -0.1) is 0 Å². The molecule has 0 atom stereocenters. The Morgan fingerprint density at radius 2 is 1.07 bits per heavy atom. The van der Waals surface area contributed by atoms with Gasteiger partial charge in [0.2, 0.25) is 23.8 Å². The van der Waals surface area contributed by atoms with Gasteiger partial charge in [0, 0.05) is 72.4 Å². The molecule has 0 unspecified atom stereocenters. The molecule has 0 aromatic carbocycles. The van der Waals surface area contributed by atoms with Gasteiger partial charge < -0.3 is 63.7 Å². The quantitative estimate of drug-likeness (QED) is 0.0534. The third-order valence-electron chi connectivity index (χ3n) is 11.0. The van der Waals surface area contributed by atoms with Crippen LogP contribution in [0.2, 0.25) is 51.5 Å². The maximum atomic E-state index is 13.1. The standard InChI is InChI=1S/C16H26ClN5O3Si.C10H12ClN5O2.C9H14ClN5O.C4H4Cl2N4/c1-26(2,3)9-8-25-10-21-12-13(17)19-15(18)20-14(12)22(16(21)23)11-4-6-24-7-5-11;11-7-6-8(15-9(12)14-7)16(10(17)13-6)5-1-3-18-4-2-5;10-7-6(11)8(15-9(12)14-7)13-5-1-3-16-4-2-5;5-2-1(7)3(6)10-4(8)9-2/h11H,4-10H2,1-3H3,(H2,18,19,20);5H,1-4H2,(H,13,17)(H2,12,14,15);5H,1-4,11H2,(H3,12,13,14,15);7H2,(H2,8,9,10). The van der Waals surface area contributed by atoms with Gasteiger partial charge in [-0.2, -0.15) is 39.9 Å². The first-order valence-electron chi connectivity index (χ1n) is 22.0. The molecule has 0 spiro atoms. The van der Waals surface area contributed by atoms with Crippen molar-refractivity contribution in [2.45, 2.75) is 89.1 Å². The first kappa shape index (κ1) is 54.3. The predicted molar refractivity (Wildman–Crippen MR) is 275 cm³/mol. The Balaban J connectivity index is 0.000000161. The lowest BCUT2D eigenvalue weighted by atomic mass is 10.1. The van der Waals surface area contributed by atoms with Crippen molar-refractivity contribution in [2.24, 2.45) is 0 Å². The molecule has 0 bridgehead atoms. The van der Waals surface area contributed by atoms with E-state index in [4.69, 9.17) is 111 Å². The molecule has 3 aliphatic heterocycles. The lowest BCUT2D eigenvalue weighted by Gasteiger charge is -2.24. The lowest BCUT2D eigenvalue weighted by Crippen LogP contribution is -2.31. The minimum atomic E-state index is -1.20. The minimum absolute atomic E-state index is 0.00680. The molecule has 31 heteroatoms. The van der Waals surface area contributed by atoms with E-state index in [9.17, 15) is 9.59 Å². The predicted octanol–water partition coefficient (Wildman–Crippen LogP) is 5.03.